The number of H-pyrrole nitrogens is 1. The lowest BCUT2D eigenvalue weighted by atomic mass is 10.0. The third-order valence-electron chi connectivity index (χ3n) is 5.26. The number of benzene rings is 1. The highest BCUT2D eigenvalue weighted by Crippen LogP contribution is 2.06. The van der Waals surface area contributed by atoms with Gasteiger partial charge in [-0.05, 0) is 18.9 Å². The second-order valence-electron chi connectivity index (χ2n) is 8.20. The lowest BCUT2D eigenvalue weighted by molar-refractivity contribution is -0.143. The van der Waals surface area contributed by atoms with Gasteiger partial charge >= 0.3 is 11.9 Å². The van der Waals surface area contributed by atoms with Crippen molar-refractivity contribution in [3.8, 4) is 0 Å². The van der Waals surface area contributed by atoms with Crippen LogP contribution in [0.5, 0.6) is 0 Å². The first-order chi connectivity index (χ1) is 17.1. The third kappa shape index (κ3) is 9.18. The fraction of sp³-hybridized carbons (Fsp3) is 0.391. The summed E-state index contributed by atoms with van der Waals surface area (Å²) in [5.41, 5.74) is 7.37. The lowest BCUT2D eigenvalue weighted by Crippen LogP contribution is -2.57. The second-order valence-corrected chi connectivity index (χ2v) is 8.20. The zero-order valence-corrected chi connectivity index (χ0v) is 19.6. The van der Waals surface area contributed by atoms with E-state index in [2.05, 4.69) is 25.9 Å². The Morgan fingerprint density at radius 1 is 0.944 bits per heavy atom. The SMILES string of the molecule is CC(NC(=O)C(Cc1ccccc1)NC(=O)C(N)Cc1cnc[nH]1)C(=O)NC(CCC(=O)O)C(=O)O. The number of carbonyl (C=O) groups excluding carboxylic acids is 3. The molecule has 0 saturated heterocycles. The smallest absolute Gasteiger partial charge is 0.326 e. The largest absolute Gasteiger partial charge is 0.481 e. The van der Waals surface area contributed by atoms with E-state index in [1.807, 2.05) is 0 Å². The van der Waals surface area contributed by atoms with Crippen LogP contribution in [0.2, 0.25) is 0 Å². The van der Waals surface area contributed by atoms with Gasteiger partial charge < -0.3 is 36.9 Å². The number of hydrogen-bond donors (Lipinski definition) is 7. The van der Waals surface area contributed by atoms with Crippen molar-refractivity contribution >= 4 is 29.7 Å². The fourth-order valence-corrected chi connectivity index (χ4v) is 3.27. The van der Waals surface area contributed by atoms with Crippen molar-refractivity contribution in [1.82, 2.24) is 25.9 Å². The summed E-state index contributed by atoms with van der Waals surface area (Å²) in [6, 6.07) is 4.23. The van der Waals surface area contributed by atoms with Gasteiger partial charge in [0.15, 0.2) is 0 Å². The zero-order chi connectivity index (χ0) is 26.7. The molecule has 3 amide bonds. The van der Waals surface area contributed by atoms with Crippen LogP contribution in [0.1, 0.15) is 31.0 Å². The Kier molecular flexibility index (Phi) is 10.6. The summed E-state index contributed by atoms with van der Waals surface area (Å²) in [4.78, 5) is 67.0. The van der Waals surface area contributed by atoms with Crippen LogP contribution in [0.4, 0.5) is 0 Å². The zero-order valence-electron chi connectivity index (χ0n) is 19.6. The van der Waals surface area contributed by atoms with Crippen molar-refractivity contribution in [2.24, 2.45) is 5.73 Å². The molecular weight excluding hydrogens is 472 g/mol. The van der Waals surface area contributed by atoms with Crippen molar-refractivity contribution in [2.75, 3.05) is 0 Å². The molecule has 4 atom stereocenters. The number of aliphatic carboxylic acids is 2. The topological polar surface area (TPSA) is 217 Å². The molecule has 0 spiro atoms. The van der Waals surface area contributed by atoms with E-state index in [0.717, 1.165) is 5.56 Å². The van der Waals surface area contributed by atoms with Crippen molar-refractivity contribution in [2.45, 2.75) is 56.8 Å². The number of aromatic amines is 1. The van der Waals surface area contributed by atoms with Crippen LogP contribution in [0.15, 0.2) is 42.9 Å². The van der Waals surface area contributed by atoms with Gasteiger partial charge in [0.2, 0.25) is 17.7 Å². The van der Waals surface area contributed by atoms with Gasteiger partial charge in [-0.25, -0.2) is 9.78 Å². The number of imidazole rings is 1. The molecule has 0 saturated carbocycles. The number of carbonyl (C=O) groups is 5. The van der Waals surface area contributed by atoms with E-state index in [9.17, 15) is 29.1 Å². The Hall–Kier alpha value is -4.26. The highest BCUT2D eigenvalue weighted by Gasteiger charge is 2.29. The molecule has 0 aliphatic carbocycles. The van der Waals surface area contributed by atoms with Gasteiger partial charge in [0, 0.05) is 31.2 Å². The minimum atomic E-state index is -1.44. The van der Waals surface area contributed by atoms with E-state index in [0.29, 0.717) is 5.69 Å². The molecular formula is C23H30N6O7. The number of amides is 3. The van der Waals surface area contributed by atoms with Gasteiger partial charge in [-0.1, -0.05) is 30.3 Å². The quantitative estimate of drug-likeness (QED) is 0.167. The maximum atomic E-state index is 13.0. The van der Waals surface area contributed by atoms with Gasteiger partial charge in [0.05, 0.1) is 12.4 Å². The highest BCUT2D eigenvalue weighted by atomic mass is 16.4. The fourth-order valence-electron chi connectivity index (χ4n) is 3.27. The first kappa shape index (κ1) is 28.0. The number of carboxylic acids is 2. The third-order valence-corrected chi connectivity index (χ3v) is 5.26. The number of nitrogens with two attached hydrogens (primary N) is 1. The Labute approximate surface area is 206 Å². The van der Waals surface area contributed by atoms with E-state index in [-0.39, 0.29) is 19.3 Å². The number of nitrogens with zero attached hydrogens (tertiary/aromatic N) is 1. The van der Waals surface area contributed by atoms with E-state index < -0.39 is 60.2 Å². The van der Waals surface area contributed by atoms with Crippen LogP contribution >= 0.6 is 0 Å². The summed E-state index contributed by atoms with van der Waals surface area (Å²) in [7, 11) is 0. The van der Waals surface area contributed by atoms with Gasteiger partial charge in [0.25, 0.3) is 0 Å². The molecule has 0 radical (unpaired) electrons. The number of aromatic nitrogens is 2. The van der Waals surface area contributed by atoms with Crippen LogP contribution in [0, 0.1) is 0 Å². The highest BCUT2D eigenvalue weighted by molar-refractivity contribution is 5.94. The molecule has 2 rings (SSSR count). The molecule has 1 heterocycles. The monoisotopic (exact) mass is 502 g/mol. The predicted octanol–water partition coefficient (Wildman–Crippen LogP) is -1.05. The molecule has 1 aromatic carbocycles. The van der Waals surface area contributed by atoms with Crippen LogP contribution in [-0.2, 0) is 36.8 Å². The molecule has 13 nitrogen and oxygen atoms in total. The van der Waals surface area contributed by atoms with Crippen molar-refractivity contribution in [3.63, 3.8) is 0 Å². The van der Waals surface area contributed by atoms with Gasteiger partial charge in [-0.3, -0.25) is 19.2 Å². The molecule has 0 bridgehead atoms. The number of nitrogens with one attached hydrogen (secondary N) is 4. The predicted molar refractivity (Wildman–Crippen MR) is 126 cm³/mol. The van der Waals surface area contributed by atoms with Crippen LogP contribution in [0.3, 0.4) is 0 Å². The molecule has 194 valence electrons. The first-order valence-corrected chi connectivity index (χ1v) is 11.2. The molecule has 0 fully saturated rings. The minimum absolute atomic E-state index is 0.111. The Morgan fingerprint density at radius 3 is 2.19 bits per heavy atom. The Balaban J connectivity index is 2.06. The Bertz CT molecular complexity index is 1040. The summed E-state index contributed by atoms with van der Waals surface area (Å²) in [5.74, 6) is -4.69. The van der Waals surface area contributed by atoms with Crippen LogP contribution < -0.4 is 21.7 Å². The van der Waals surface area contributed by atoms with Gasteiger partial charge in [0.1, 0.15) is 18.1 Å². The average Bonchev–Trinajstić information content (AvgIpc) is 3.34. The molecule has 2 aromatic rings. The second kappa shape index (κ2) is 13.6. The molecule has 1 aromatic heterocycles. The average molecular weight is 503 g/mol. The van der Waals surface area contributed by atoms with Crippen molar-refractivity contribution in [3.05, 3.63) is 54.1 Å². The Morgan fingerprint density at radius 2 is 1.61 bits per heavy atom. The van der Waals surface area contributed by atoms with E-state index in [4.69, 9.17) is 10.8 Å². The summed E-state index contributed by atoms with van der Waals surface area (Å²) >= 11 is 0. The number of hydrogen-bond acceptors (Lipinski definition) is 7. The number of carboxylic acid groups (broad SMARTS) is 2. The van der Waals surface area contributed by atoms with E-state index in [1.54, 1.807) is 30.3 Å². The molecule has 13 heteroatoms. The summed E-state index contributed by atoms with van der Waals surface area (Å²) < 4.78 is 0. The summed E-state index contributed by atoms with van der Waals surface area (Å²) in [5, 5.41) is 25.3. The minimum Gasteiger partial charge on any atom is -0.481 e. The molecule has 0 aliphatic heterocycles. The lowest BCUT2D eigenvalue weighted by Gasteiger charge is -2.23. The van der Waals surface area contributed by atoms with Gasteiger partial charge in [-0.2, -0.15) is 0 Å². The standard InChI is InChI=1S/C23H30N6O7/c1-13(20(32)28-17(23(35)36)7-8-19(30)31)27-22(34)18(9-14-5-3-2-4-6-14)29-21(33)16(24)10-15-11-25-12-26-15/h2-6,11-13,16-18H,7-10,24H2,1H3,(H,25,26)(H,27,34)(H,28,32)(H,29,33)(H,30,31)(H,35,36). The number of rotatable bonds is 14. The van der Waals surface area contributed by atoms with Crippen molar-refractivity contribution < 1.29 is 34.2 Å². The first-order valence-electron chi connectivity index (χ1n) is 11.2. The summed E-state index contributed by atoms with van der Waals surface area (Å²) in [6.45, 7) is 1.34. The molecule has 36 heavy (non-hydrogen) atoms. The normalized spacial score (nSPS) is 14.1. The molecule has 8 N–H and O–H groups in total. The van der Waals surface area contributed by atoms with Crippen molar-refractivity contribution in [1.29, 1.82) is 0 Å². The van der Waals surface area contributed by atoms with Crippen LogP contribution in [0.25, 0.3) is 0 Å². The van der Waals surface area contributed by atoms with E-state index in [1.165, 1.54) is 19.4 Å². The maximum absolute atomic E-state index is 13.0. The van der Waals surface area contributed by atoms with Gasteiger partial charge in [-0.15, -0.1) is 0 Å². The molecule has 0 aliphatic rings. The summed E-state index contributed by atoms with van der Waals surface area (Å²) in [6.07, 6.45) is 2.48. The van der Waals surface area contributed by atoms with Crippen LogP contribution in [-0.4, -0.2) is 74.0 Å². The van der Waals surface area contributed by atoms with E-state index >= 15 is 0 Å². The molecule has 4 unspecified atom stereocenters. The maximum Gasteiger partial charge on any atom is 0.326 e.